The smallest absolute Gasteiger partial charge is 0.174 e. The Labute approximate surface area is 167 Å². The number of ketones is 1. The van der Waals surface area contributed by atoms with Crippen LogP contribution < -0.4 is 0 Å². The lowest BCUT2D eigenvalue weighted by Gasteiger charge is -2.61. The van der Waals surface area contributed by atoms with E-state index in [1.807, 2.05) is 0 Å². The summed E-state index contributed by atoms with van der Waals surface area (Å²) in [5.41, 5.74) is 0.150. The molecule has 5 heteroatoms. The molecule has 2 spiro atoms. The maximum absolute atomic E-state index is 13.5. The number of hydrogen-bond donors (Lipinski definition) is 0. The second-order valence-corrected chi connectivity index (χ2v) is 10.9. The first-order valence-electron chi connectivity index (χ1n) is 11.5. The molecule has 156 valence electrons. The SMILES string of the molecule is C[C@@]12CCC3(C[C@H]1C(=O)C[C@H]1[C@H]2CC[C@]2(C)[C@@H]1CCC21OCCO1)OCCO3. The van der Waals surface area contributed by atoms with Gasteiger partial charge in [0.05, 0.1) is 26.4 Å². The van der Waals surface area contributed by atoms with Crippen molar-refractivity contribution in [2.75, 3.05) is 26.4 Å². The summed E-state index contributed by atoms with van der Waals surface area (Å²) in [7, 11) is 0. The van der Waals surface area contributed by atoms with E-state index in [1.165, 1.54) is 6.42 Å². The normalized spacial score (nSPS) is 51.3. The standard InChI is InChI=1S/C23H34O5/c1-20-7-8-22(25-9-10-26-22)14-18(20)19(24)13-15-16(20)3-5-21(2)17(15)4-6-23(21)27-11-12-28-23/h15-18H,3-14H2,1-2H3/t15-,16+,17+,18-,20-,21+/m0/s1. The van der Waals surface area contributed by atoms with Crippen molar-refractivity contribution in [1.82, 2.24) is 0 Å². The minimum atomic E-state index is -0.473. The van der Waals surface area contributed by atoms with E-state index in [4.69, 9.17) is 18.9 Å². The van der Waals surface area contributed by atoms with Gasteiger partial charge in [-0.2, -0.15) is 0 Å². The average molecular weight is 391 g/mol. The number of fused-ring (bicyclic) bond motifs is 6. The van der Waals surface area contributed by atoms with E-state index in [9.17, 15) is 4.79 Å². The van der Waals surface area contributed by atoms with Crippen molar-refractivity contribution in [3.05, 3.63) is 0 Å². The van der Waals surface area contributed by atoms with Gasteiger partial charge in [-0.25, -0.2) is 0 Å². The van der Waals surface area contributed by atoms with Gasteiger partial charge in [0.15, 0.2) is 11.6 Å². The molecule has 6 atom stereocenters. The van der Waals surface area contributed by atoms with Crippen molar-refractivity contribution in [2.24, 2.45) is 34.5 Å². The van der Waals surface area contributed by atoms with Gasteiger partial charge in [-0.15, -0.1) is 0 Å². The maximum atomic E-state index is 13.5. The van der Waals surface area contributed by atoms with Gasteiger partial charge in [0.1, 0.15) is 5.78 Å². The molecular formula is C23H34O5. The highest BCUT2D eigenvalue weighted by molar-refractivity contribution is 5.83. The molecule has 0 N–H and O–H groups in total. The van der Waals surface area contributed by atoms with E-state index in [-0.39, 0.29) is 22.5 Å². The fraction of sp³-hybridized carbons (Fsp3) is 0.957. The molecule has 5 nitrogen and oxygen atoms in total. The van der Waals surface area contributed by atoms with Gasteiger partial charge >= 0.3 is 0 Å². The van der Waals surface area contributed by atoms with Crippen LogP contribution in [0.4, 0.5) is 0 Å². The molecular weight excluding hydrogens is 356 g/mol. The molecule has 6 rings (SSSR count). The van der Waals surface area contributed by atoms with E-state index in [0.717, 1.165) is 58.2 Å². The van der Waals surface area contributed by atoms with Crippen molar-refractivity contribution < 1.29 is 23.7 Å². The fourth-order valence-corrected chi connectivity index (χ4v) is 8.62. The summed E-state index contributed by atoms with van der Waals surface area (Å²) in [5, 5.41) is 0. The minimum Gasteiger partial charge on any atom is -0.348 e. The molecule has 0 amide bonds. The van der Waals surface area contributed by atoms with Gasteiger partial charge in [0.25, 0.3) is 0 Å². The molecule has 0 unspecified atom stereocenters. The number of Topliss-reactive ketones (excluding diaryl/α,β-unsaturated/α-hetero) is 1. The Bertz CT molecular complexity index is 678. The van der Waals surface area contributed by atoms with Crippen molar-refractivity contribution >= 4 is 5.78 Å². The van der Waals surface area contributed by atoms with Crippen LogP contribution in [0.25, 0.3) is 0 Å². The molecule has 4 aliphatic carbocycles. The lowest BCUT2D eigenvalue weighted by atomic mass is 9.44. The Morgan fingerprint density at radius 1 is 0.821 bits per heavy atom. The lowest BCUT2D eigenvalue weighted by Crippen LogP contribution is -2.60. The Kier molecular flexibility index (Phi) is 3.79. The number of hydrogen-bond acceptors (Lipinski definition) is 5. The molecule has 0 radical (unpaired) electrons. The van der Waals surface area contributed by atoms with E-state index < -0.39 is 5.79 Å². The predicted molar refractivity (Wildman–Crippen MR) is 101 cm³/mol. The van der Waals surface area contributed by atoms with E-state index in [2.05, 4.69) is 13.8 Å². The number of carbonyl (C=O) groups is 1. The highest BCUT2D eigenvalue weighted by Crippen LogP contribution is 2.69. The quantitative estimate of drug-likeness (QED) is 0.631. The summed E-state index contributed by atoms with van der Waals surface area (Å²) in [6.45, 7) is 7.58. The van der Waals surface area contributed by atoms with Crippen LogP contribution in [0.2, 0.25) is 0 Å². The second-order valence-electron chi connectivity index (χ2n) is 10.9. The number of carbonyl (C=O) groups excluding carboxylic acids is 1. The van der Waals surface area contributed by atoms with Crippen LogP contribution in [0.3, 0.4) is 0 Å². The zero-order chi connectivity index (χ0) is 19.2. The number of ether oxygens (including phenoxy) is 4. The molecule has 0 aromatic carbocycles. The highest BCUT2D eigenvalue weighted by atomic mass is 16.7. The molecule has 0 aromatic rings. The molecule has 4 saturated carbocycles. The summed E-state index contributed by atoms with van der Waals surface area (Å²) in [6.07, 6.45) is 7.98. The summed E-state index contributed by atoms with van der Waals surface area (Å²) in [4.78, 5) is 13.5. The first-order chi connectivity index (χ1) is 13.4. The van der Waals surface area contributed by atoms with Gasteiger partial charge in [-0.1, -0.05) is 13.8 Å². The zero-order valence-electron chi connectivity index (χ0n) is 17.3. The summed E-state index contributed by atoms with van der Waals surface area (Å²) in [6, 6.07) is 0. The summed E-state index contributed by atoms with van der Waals surface area (Å²) in [5.74, 6) is 1.35. The van der Waals surface area contributed by atoms with Crippen LogP contribution in [0.5, 0.6) is 0 Å². The Morgan fingerprint density at radius 2 is 1.50 bits per heavy atom. The molecule has 2 saturated heterocycles. The second kappa shape index (κ2) is 5.81. The van der Waals surface area contributed by atoms with E-state index in [0.29, 0.717) is 36.8 Å². The third kappa shape index (κ3) is 2.15. The summed E-state index contributed by atoms with van der Waals surface area (Å²) < 4.78 is 24.5. The van der Waals surface area contributed by atoms with Crippen molar-refractivity contribution in [1.29, 1.82) is 0 Å². The predicted octanol–water partition coefficient (Wildman–Crippen LogP) is 3.69. The van der Waals surface area contributed by atoms with Crippen molar-refractivity contribution in [3.63, 3.8) is 0 Å². The molecule has 0 aromatic heterocycles. The molecule has 2 heterocycles. The largest absolute Gasteiger partial charge is 0.348 e. The fourth-order valence-electron chi connectivity index (χ4n) is 8.62. The average Bonchev–Trinajstić information content (AvgIpc) is 3.39. The lowest BCUT2D eigenvalue weighted by molar-refractivity contribution is -0.254. The maximum Gasteiger partial charge on any atom is 0.174 e. The van der Waals surface area contributed by atoms with Crippen molar-refractivity contribution in [2.45, 2.75) is 76.8 Å². The zero-order valence-corrected chi connectivity index (χ0v) is 17.3. The monoisotopic (exact) mass is 390 g/mol. The van der Waals surface area contributed by atoms with Gasteiger partial charge in [0.2, 0.25) is 0 Å². The highest BCUT2D eigenvalue weighted by Gasteiger charge is 2.69. The van der Waals surface area contributed by atoms with E-state index >= 15 is 0 Å². The van der Waals surface area contributed by atoms with Crippen LogP contribution in [0.1, 0.15) is 65.2 Å². The number of rotatable bonds is 0. The Hall–Kier alpha value is -0.490. The van der Waals surface area contributed by atoms with Crippen LogP contribution in [-0.4, -0.2) is 43.8 Å². The first kappa shape index (κ1) is 18.3. The van der Waals surface area contributed by atoms with Crippen molar-refractivity contribution in [3.8, 4) is 0 Å². The molecule has 2 aliphatic heterocycles. The Morgan fingerprint density at radius 3 is 2.25 bits per heavy atom. The third-order valence-corrected chi connectivity index (χ3v) is 10.1. The van der Waals surface area contributed by atoms with Gasteiger partial charge in [-0.3, -0.25) is 4.79 Å². The first-order valence-corrected chi connectivity index (χ1v) is 11.5. The molecule has 6 aliphatic rings. The van der Waals surface area contributed by atoms with Gasteiger partial charge < -0.3 is 18.9 Å². The van der Waals surface area contributed by atoms with Gasteiger partial charge in [-0.05, 0) is 48.9 Å². The van der Waals surface area contributed by atoms with Crippen LogP contribution in [-0.2, 0) is 23.7 Å². The van der Waals surface area contributed by atoms with Crippen LogP contribution in [0.15, 0.2) is 0 Å². The minimum absolute atomic E-state index is 0.0572. The summed E-state index contributed by atoms with van der Waals surface area (Å²) >= 11 is 0. The topological polar surface area (TPSA) is 54.0 Å². The molecule has 28 heavy (non-hydrogen) atoms. The van der Waals surface area contributed by atoms with Crippen LogP contribution >= 0.6 is 0 Å². The molecule has 0 bridgehead atoms. The van der Waals surface area contributed by atoms with Gasteiger partial charge in [0, 0.05) is 37.0 Å². The third-order valence-electron chi connectivity index (χ3n) is 10.1. The van der Waals surface area contributed by atoms with E-state index in [1.54, 1.807) is 0 Å². The molecule has 6 fully saturated rings. The van der Waals surface area contributed by atoms with Crippen LogP contribution in [0, 0.1) is 34.5 Å². The Balaban J connectivity index is 1.31.